The molecule has 0 radical (unpaired) electrons. The molecule has 0 rings (SSSR count). The fourth-order valence-electron chi connectivity index (χ4n) is 1.85. The molecular formula is C14H26N4O6. The Kier molecular flexibility index (Phi) is 8.34. The van der Waals surface area contributed by atoms with Crippen LogP contribution in [0, 0.1) is 11.8 Å². The number of nitrogens with two attached hydrogens (primary N) is 2. The number of carboxylic acids is 2. The van der Waals surface area contributed by atoms with E-state index in [-0.39, 0.29) is 0 Å². The highest BCUT2D eigenvalue weighted by molar-refractivity contribution is 5.95. The van der Waals surface area contributed by atoms with Crippen LogP contribution in [0.4, 0.5) is 0 Å². The van der Waals surface area contributed by atoms with E-state index >= 15 is 0 Å². The molecule has 0 aromatic heterocycles. The van der Waals surface area contributed by atoms with Crippen molar-refractivity contribution in [1.82, 2.24) is 10.6 Å². The van der Waals surface area contributed by atoms with Gasteiger partial charge in [0, 0.05) is 0 Å². The number of nitrogens with one attached hydrogen (secondary N) is 2. The van der Waals surface area contributed by atoms with E-state index < -0.39 is 59.8 Å². The van der Waals surface area contributed by atoms with Gasteiger partial charge in [0.25, 0.3) is 0 Å². The van der Waals surface area contributed by atoms with Crippen LogP contribution in [-0.2, 0) is 19.2 Å². The Morgan fingerprint density at radius 2 is 0.958 bits per heavy atom. The van der Waals surface area contributed by atoms with Gasteiger partial charge in [-0.15, -0.1) is 0 Å². The van der Waals surface area contributed by atoms with Gasteiger partial charge in [0.1, 0.15) is 24.2 Å². The number of carboxylic acid groups (broad SMARTS) is 2. The Labute approximate surface area is 139 Å². The van der Waals surface area contributed by atoms with Crippen molar-refractivity contribution in [2.24, 2.45) is 23.3 Å². The Balaban J connectivity index is 4.93. The maximum absolute atomic E-state index is 12.0. The SMILES string of the molecule is CC(C)C(NC(=O)C(N)C(N)C(=O)N[C@H](C(=O)O)C(C)C)C(=O)O. The topological polar surface area (TPSA) is 185 Å². The number of rotatable bonds is 9. The number of carbonyl (C=O) groups excluding carboxylic acids is 2. The zero-order chi connectivity index (χ0) is 19.2. The van der Waals surface area contributed by atoms with Gasteiger partial charge < -0.3 is 32.3 Å². The average molecular weight is 346 g/mol. The van der Waals surface area contributed by atoms with Crippen LogP contribution in [0.2, 0.25) is 0 Å². The molecule has 0 saturated carbocycles. The van der Waals surface area contributed by atoms with Crippen LogP contribution < -0.4 is 22.1 Å². The van der Waals surface area contributed by atoms with Crippen molar-refractivity contribution in [3.05, 3.63) is 0 Å². The van der Waals surface area contributed by atoms with Gasteiger partial charge in [-0.05, 0) is 11.8 Å². The smallest absolute Gasteiger partial charge is 0.326 e. The number of hydrogen-bond acceptors (Lipinski definition) is 6. The molecule has 138 valence electrons. The fraction of sp³-hybridized carbons (Fsp3) is 0.714. The van der Waals surface area contributed by atoms with Crippen LogP contribution >= 0.6 is 0 Å². The summed E-state index contributed by atoms with van der Waals surface area (Å²) in [4.78, 5) is 46.1. The Bertz CT molecular complexity index is 450. The molecule has 0 aliphatic heterocycles. The molecule has 2 amide bonds. The van der Waals surface area contributed by atoms with Crippen molar-refractivity contribution in [3.63, 3.8) is 0 Å². The summed E-state index contributed by atoms with van der Waals surface area (Å²) in [6.07, 6.45) is 0. The van der Waals surface area contributed by atoms with Crippen LogP contribution in [0.5, 0.6) is 0 Å². The summed E-state index contributed by atoms with van der Waals surface area (Å²) in [6, 6.07) is -5.40. The van der Waals surface area contributed by atoms with Crippen LogP contribution in [0.15, 0.2) is 0 Å². The molecule has 24 heavy (non-hydrogen) atoms. The molecule has 0 aliphatic carbocycles. The molecule has 10 heteroatoms. The van der Waals surface area contributed by atoms with E-state index in [4.69, 9.17) is 21.7 Å². The zero-order valence-electron chi connectivity index (χ0n) is 14.1. The highest BCUT2D eigenvalue weighted by atomic mass is 16.4. The highest BCUT2D eigenvalue weighted by Crippen LogP contribution is 2.04. The largest absolute Gasteiger partial charge is 0.480 e. The van der Waals surface area contributed by atoms with Crippen molar-refractivity contribution in [2.75, 3.05) is 0 Å². The first-order chi connectivity index (χ1) is 10.9. The Morgan fingerprint density at radius 3 is 1.12 bits per heavy atom. The van der Waals surface area contributed by atoms with Crippen molar-refractivity contribution in [3.8, 4) is 0 Å². The third-order valence-electron chi connectivity index (χ3n) is 3.45. The third kappa shape index (κ3) is 6.13. The summed E-state index contributed by atoms with van der Waals surface area (Å²) < 4.78 is 0. The van der Waals surface area contributed by atoms with Crippen molar-refractivity contribution >= 4 is 23.8 Å². The lowest BCUT2D eigenvalue weighted by Gasteiger charge is -2.25. The van der Waals surface area contributed by atoms with Crippen LogP contribution in [-0.4, -0.2) is 58.1 Å². The van der Waals surface area contributed by atoms with Gasteiger partial charge in [-0.25, -0.2) is 9.59 Å². The second kappa shape index (κ2) is 9.18. The second-order valence-electron chi connectivity index (χ2n) is 6.19. The minimum atomic E-state index is -1.52. The predicted molar refractivity (Wildman–Crippen MR) is 84.8 cm³/mol. The lowest BCUT2D eigenvalue weighted by atomic mass is 10.0. The maximum atomic E-state index is 12.0. The summed E-state index contributed by atoms with van der Waals surface area (Å²) in [6.45, 7) is 6.38. The van der Waals surface area contributed by atoms with Gasteiger partial charge in [-0.2, -0.15) is 0 Å². The Morgan fingerprint density at radius 1 is 0.708 bits per heavy atom. The first-order valence-electron chi connectivity index (χ1n) is 7.47. The van der Waals surface area contributed by atoms with E-state index in [2.05, 4.69) is 10.6 Å². The lowest BCUT2D eigenvalue weighted by Crippen LogP contribution is -2.62. The van der Waals surface area contributed by atoms with Gasteiger partial charge in [0.05, 0.1) is 0 Å². The summed E-state index contributed by atoms with van der Waals surface area (Å²) >= 11 is 0. The van der Waals surface area contributed by atoms with Crippen LogP contribution in [0.25, 0.3) is 0 Å². The number of aliphatic carboxylic acids is 2. The van der Waals surface area contributed by atoms with Gasteiger partial charge in [-0.1, -0.05) is 27.7 Å². The maximum Gasteiger partial charge on any atom is 0.326 e. The minimum Gasteiger partial charge on any atom is -0.480 e. The molecule has 3 unspecified atom stereocenters. The minimum absolute atomic E-state index is 0.402. The number of amides is 2. The highest BCUT2D eigenvalue weighted by Gasteiger charge is 2.33. The lowest BCUT2D eigenvalue weighted by molar-refractivity contribution is -0.144. The summed E-state index contributed by atoms with van der Waals surface area (Å²) in [7, 11) is 0. The first-order valence-corrected chi connectivity index (χ1v) is 7.47. The molecule has 0 aliphatic rings. The van der Waals surface area contributed by atoms with E-state index in [1.807, 2.05) is 0 Å². The molecule has 0 saturated heterocycles. The van der Waals surface area contributed by atoms with Crippen LogP contribution in [0.3, 0.4) is 0 Å². The van der Waals surface area contributed by atoms with Gasteiger partial charge in [0.15, 0.2) is 0 Å². The molecule has 0 heterocycles. The zero-order valence-corrected chi connectivity index (χ0v) is 14.1. The predicted octanol–water partition coefficient (Wildman–Crippen LogP) is -1.91. The molecule has 10 nitrogen and oxygen atoms in total. The van der Waals surface area contributed by atoms with Crippen molar-refractivity contribution in [2.45, 2.75) is 51.9 Å². The molecule has 8 N–H and O–H groups in total. The van der Waals surface area contributed by atoms with E-state index in [1.165, 1.54) is 0 Å². The number of carbonyl (C=O) groups is 4. The quantitative estimate of drug-likeness (QED) is 0.279. The Hall–Kier alpha value is -2.20. The molecule has 0 aromatic rings. The molecular weight excluding hydrogens is 320 g/mol. The van der Waals surface area contributed by atoms with E-state index in [0.29, 0.717) is 0 Å². The van der Waals surface area contributed by atoms with Crippen LogP contribution in [0.1, 0.15) is 27.7 Å². The molecule has 0 bridgehead atoms. The third-order valence-corrected chi connectivity index (χ3v) is 3.45. The fourth-order valence-corrected chi connectivity index (χ4v) is 1.85. The first kappa shape index (κ1) is 21.8. The molecule has 4 atom stereocenters. The molecule has 0 spiro atoms. The monoisotopic (exact) mass is 346 g/mol. The molecule has 0 aromatic carbocycles. The van der Waals surface area contributed by atoms with Gasteiger partial charge in [0.2, 0.25) is 11.8 Å². The summed E-state index contributed by atoms with van der Waals surface area (Å²) in [5, 5.41) is 22.5. The average Bonchev–Trinajstić information content (AvgIpc) is 2.46. The van der Waals surface area contributed by atoms with Crippen molar-refractivity contribution < 1.29 is 29.4 Å². The van der Waals surface area contributed by atoms with E-state index in [1.54, 1.807) is 27.7 Å². The van der Waals surface area contributed by atoms with E-state index in [9.17, 15) is 19.2 Å². The second-order valence-corrected chi connectivity index (χ2v) is 6.19. The van der Waals surface area contributed by atoms with Gasteiger partial charge >= 0.3 is 11.9 Å². The normalized spacial score (nSPS) is 16.2. The van der Waals surface area contributed by atoms with E-state index in [0.717, 1.165) is 0 Å². The standard InChI is InChI=1S/C14H26N4O6/c1-5(2)9(13(21)22)17-11(19)7(15)8(16)12(20)18-10(6(3)4)14(23)24/h5-10H,15-16H2,1-4H3,(H,17,19)(H,18,20)(H,21,22)(H,23,24)/t7?,8?,9-,10?/m0/s1. The van der Waals surface area contributed by atoms with Gasteiger partial charge in [-0.3, -0.25) is 9.59 Å². The summed E-state index contributed by atoms with van der Waals surface area (Å²) in [5.74, 6) is -5.10. The van der Waals surface area contributed by atoms with Crippen molar-refractivity contribution in [1.29, 1.82) is 0 Å². The number of hydrogen-bond donors (Lipinski definition) is 6. The molecule has 0 fully saturated rings. The summed E-state index contributed by atoms with van der Waals surface area (Å²) in [5.41, 5.74) is 11.2.